The van der Waals surface area contributed by atoms with Crippen LogP contribution in [0.5, 0.6) is 0 Å². The van der Waals surface area contributed by atoms with Gasteiger partial charge in [-0.1, -0.05) is 31.5 Å². The number of hydrogen-bond acceptors (Lipinski definition) is 2. The van der Waals surface area contributed by atoms with Gasteiger partial charge in [-0.2, -0.15) is 0 Å². The second-order valence-electron chi connectivity index (χ2n) is 6.93. The van der Waals surface area contributed by atoms with E-state index in [0.717, 1.165) is 18.9 Å². The molecular weight excluding hydrogens is 260 g/mol. The Kier molecular flexibility index (Phi) is 4.18. The summed E-state index contributed by atoms with van der Waals surface area (Å²) in [5.41, 5.74) is 2.43. The van der Waals surface area contributed by atoms with Gasteiger partial charge in [-0.3, -0.25) is 4.79 Å². The maximum atomic E-state index is 12.5. The first-order valence-electron chi connectivity index (χ1n) is 8.25. The molecule has 4 atom stereocenters. The third kappa shape index (κ3) is 3.22. The number of anilines is 1. The van der Waals surface area contributed by atoms with Gasteiger partial charge in [-0.15, -0.1) is 0 Å². The first-order valence-corrected chi connectivity index (χ1v) is 8.25. The molecule has 21 heavy (non-hydrogen) atoms. The highest BCUT2D eigenvalue weighted by Gasteiger charge is 2.31. The van der Waals surface area contributed by atoms with Crippen molar-refractivity contribution in [2.45, 2.75) is 45.6 Å². The van der Waals surface area contributed by atoms with Gasteiger partial charge in [0.15, 0.2) is 0 Å². The first-order chi connectivity index (χ1) is 10.1. The molecule has 0 radical (unpaired) electrons. The average Bonchev–Trinajstić information content (AvgIpc) is 2.89. The quantitative estimate of drug-likeness (QED) is 0.896. The molecule has 0 aromatic heterocycles. The lowest BCUT2D eigenvalue weighted by atomic mass is 9.87. The molecule has 0 bridgehead atoms. The average molecular weight is 286 g/mol. The number of benzene rings is 1. The molecule has 0 spiro atoms. The number of fused-ring (bicyclic) bond motifs is 1. The van der Waals surface area contributed by atoms with Crippen molar-refractivity contribution < 1.29 is 4.79 Å². The second kappa shape index (κ2) is 6.08. The molecule has 1 fully saturated rings. The van der Waals surface area contributed by atoms with Crippen LogP contribution in [0.4, 0.5) is 5.69 Å². The molecule has 1 amide bonds. The highest BCUT2D eigenvalue weighted by molar-refractivity contribution is 5.81. The van der Waals surface area contributed by atoms with Crippen LogP contribution >= 0.6 is 0 Å². The van der Waals surface area contributed by atoms with Crippen LogP contribution in [0.3, 0.4) is 0 Å². The number of hydrogen-bond donors (Lipinski definition) is 2. The van der Waals surface area contributed by atoms with E-state index >= 15 is 0 Å². The van der Waals surface area contributed by atoms with E-state index in [-0.39, 0.29) is 17.9 Å². The maximum absolute atomic E-state index is 12.5. The summed E-state index contributed by atoms with van der Waals surface area (Å²) in [4.78, 5) is 12.5. The third-order valence-electron chi connectivity index (χ3n) is 5.15. The molecule has 1 aliphatic heterocycles. The van der Waals surface area contributed by atoms with E-state index in [9.17, 15) is 4.79 Å². The summed E-state index contributed by atoms with van der Waals surface area (Å²) in [6.45, 7) is 5.28. The summed E-state index contributed by atoms with van der Waals surface area (Å²) < 4.78 is 0. The minimum absolute atomic E-state index is 0.0405. The van der Waals surface area contributed by atoms with Crippen LogP contribution in [-0.2, 0) is 11.2 Å². The van der Waals surface area contributed by atoms with Gasteiger partial charge >= 0.3 is 0 Å². The fourth-order valence-corrected chi connectivity index (χ4v) is 3.80. The molecule has 114 valence electrons. The van der Waals surface area contributed by atoms with Crippen molar-refractivity contribution in [1.82, 2.24) is 5.32 Å². The Hall–Kier alpha value is -1.51. The molecule has 1 aromatic carbocycles. The fourth-order valence-electron chi connectivity index (χ4n) is 3.80. The van der Waals surface area contributed by atoms with Gasteiger partial charge in [0.05, 0.1) is 5.92 Å². The van der Waals surface area contributed by atoms with Crippen LogP contribution in [0.2, 0.25) is 0 Å². The van der Waals surface area contributed by atoms with Crippen LogP contribution in [0.1, 0.15) is 38.7 Å². The predicted octanol–water partition coefficient (Wildman–Crippen LogP) is 3.21. The normalized spacial score (nSPS) is 31.3. The van der Waals surface area contributed by atoms with Crippen LogP contribution in [0.25, 0.3) is 0 Å². The zero-order chi connectivity index (χ0) is 14.8. The number of carbonyl (C=O) groups excluding carboxylic acids is 1. The molecular formula is C18H26N2O. The standard InChI is InChI=1S/C18H26N2O/c1-12-7-8-14(9-12)11-19-18(21)16-10-15-5-3-4-6-17(15)20-13(16)2/h3-6,12-14,16,20H,7-11H2,1-2H3,(H,19,21). The number of rotatable bonds is 3. The highest BCUT2D eigenvalue weighted by atomic mass is 16.1. The Labute approximate surface area is 127 Å². The van der Waals surface area contributed by atoms with E-state index in [4.69, 9.17) is 0 Å². The molecule has 1 saturated carbocycles. The second-order valence-corrected chi connectivity index (χ2v) is 6.93. The molecule has 4 unspecified atom stereocenters. The van der Waals surface area contributed by atoms with Crippen molar-refractivity contribution >= 4 is 11.6 Å². The van der Waals surface area contributed by atoms with E-state index < -0.39 is 0 Å². The van der Waals surface area contributed by atoms with Crippen molar-refractivity contribution in [3.8, 4) is 0 Å². The molecule has 3 heteroatoms. The predicted molar refractivity (Wildman–Crippen MR) is 86.2 cm³/mol. The topological polar surface area (TPSA) is 41.1 Å². The van der Waals surface area contributed by atoms with Crippen LogP contribution in [0, 0.1) is 17.8 Å². The summed E-state index contributed by atoms with van der Waals surface area (Å²) in [7, 11) is 0. The molecule has 1 aliphatic carbocycles. The maximum Gasteiger partial charge on any atom is 0.225 e. The fraction of sp³-hybridized carbons (Fsp3) is 0.611. The number of amides is 1. The highest BCUT2D eigenvalue weighted by Crippen LogP contribution is 2.31. The lowest BCUT2D eigenvalue weighted by Crippen LogP contribution is -2.44. The Morgan fingerprint density at radius 2 is 2.10 bits per heavy atom. The Morgan fingerprint density at radius 3 is 2.86 bits per heavy atom. The Bertz CT molecular complexity index is 514. The summed E-state index contributed by atoms with van der Waals surface area (Å²) >= 11 is 0. The van der Waals surface area contributed by atoms with Crippen LogP contribution in [-0.4, -0.2) is 18.5 Å². The summed E-state index contributed by atoms with van der Waals surface area (Å²) in [5, 5.41) is 6.66. The molecule has 3 nitrogen and oxygen atoms in total. The molecule has 1 heterocycles. The number of carbonyl (C=O) groups is 1. The van der Waals surface area contributed by atoms with E-state index in [0.29, 0.717) is 5.92 Å². The third-order valence-corrected chi connectivity index (χ3v) is 5.15. The molecule has 2 N–H and O–H groups in total. The summed E-state index contributed by atoms with van der Waals surface area (Å²) in [6, 6.07) is 8.50. The van der Waals surface area contributed by atoms with Gasteiger partial charge in [-0.25, -0.2) is 0 Å². The minimum atomic E-state index is 0.0405. The zero-order valence-electron chi connectivity index (χ0n) is 13.1. The van der Waals surface area contributed by atoms with Crippen molar-refractivity contribution in [1.29, 1.82) is 0 Å². The molecule has 1 aromatic rings. The summed E-state index contributed by atoms with van der Waals surface area (Å²) in [6.07, 6.45) is 4.69. The van der Waals surface area contributed by atoms with Crippen LogP contribution in [0.15, 0.2) is 24.3 Å². The smallest absolute Gasteiger partial charge is 0.225 e. The van der Waals surface area contributed by atoms with Gasteiger partial charge in [0.1, 0.15) is 0 Å². The first kappa shape index (κ1) is 14.4. The van der Waals surface area contributed by atoms with Gasteiger partial charge < -0.3 is 10.6 Å². The van der Waals surface area contributed by atoms with Crippen molar-refractivity contribution in [2.24, 2.45) is 17.8 Å². The summed E-state index contributed by atoms with van der Waals surface area (Å²) in [5.74, 6) is 1.76. The van der Waals surface area contributed by atoms with Gasteiger partial charge in [-0.05, 0) is 49.7 Å². The molecule has 3 rings (SSSR count). The lowest BCUT2D eigenvalue weighted by molar-refractivity contribution is -0.125. The van der Waals surface area contributed by atoms with E-state index in [1.807, 2.05) is 12.1 Å². The van der Waals surface area contributed by atoms with Crippen molar-refractivity contribution in [2.75, 3.05) is 11.9 Å². The Balaban J connectivity index is 1.57. The SMILES string of the molecule is CC1CCC(CNC(=O)C2Cc3ccccc3NC2C)C1. The monoisotopic (exact) mass is 286 g/mol. The largest absolute Gasteiger partial charge is 0.382 e. The lowest BCUT2D eigenvalue weighted by Gasteiger charge is -2.31. The van der Waals surface area contributed by atoms with Crippen LogP contribution < -0.4 is 10.6 Å². The van der Waals surface area contributed by atoms with Crippen molar-refractivity contribution in [3.63, 3.8) is 0 Å². The van der Waals surface area contributed by atoms with E-state index in [1.165, 1.54) is 30.5 Å². The van der Waals surface area contributed by atoms with E-state index in [2.05, 4.69) is 36.6 Å². The molecule has 0 saturated heterocycles. The minimum Gasteiger partial charge on any atom is -0.382 e. The van der Waals surface area contributed by atoms with Gasteiger partial charge in [0.25, 0.3) is 0 Å². The zero-order valence-corrected chi connectivity index (χ0v) is 13.1. The number of nitrogens with one attached hydrogen (secondary N) is 2. The van der Waals surface area contributed by atoms with Crippen molar-refractivity contribution in [3.05, 3.63) is 29.8 Å². The van der Waals surface area contributed by atoms with Gasteiger partial charge in [0, 0.05) is 18.3 Å². The van der Waals surface area contributed by atoms with E-state index in [1.54, 1.807) is 0 Å². The Morgan fingerprint density at radius 1 is 1.29 bits per heavy atom. The molecule has 2 aliphatic rings. The number of para-hydroxylation sites is 1. The van der Waals surface area contributed by atoms with Gasteiger partial charge in [0.2, 0.25) is 5.91 Å².